The van der Waals surface area contributed by atoms with E-state index in [-0.39, 0.29) is 0 Å². The molecule has 0 amide bonds. The molecule has 1 aromatic carbocycles. The minimum atomic E-state index is 0.646. The molecular formula is C20H25N5O3S. The van der Waals surface area contributed by atoms with Gasteiger partial charge in [-0.25, -0.2) is 9.97 Å². The Hall–Kier alpha value is -2.65. The molecule has 0 aliphatic carbocycles. The zero-order chi connectivity index (χ0) is 20.8. The Labute approximate surface area is 174 Å². The molecule has 2 heterocycles. The third-order valence-corrected chi connectivity index (χ3v) is 5.13. The quantitative estimate of drug-likeness (QED) is 0.387. The Morgan fingerprint density at radius 1 is 0.966 bits per heavy atom. The molecule has 0 spiro atoms. The van der Waals surface area contributed by atoms with Gasteiger partial charge in [-0.05, 0) is 56.3 Å². The first-order chi connectivity index (χ1) is 14.0. The molecule has 8 nitrogen and oxygen atoms in total. The summed E-state index contributed by atoms with van der Waals surface area (Å²) in [5.41, 5.74) is 1.82. The average Bonchev–Trinajstić information content (AvgIpc) is 3.09. The second-order valence-electron chi connectivity index (χ2n) is 6.37. The SMILES string of the molecule is COCCCn1c(Sc2cc(C)nc(C)n2)nnc1-c1ccc(OC)c(OC)c1. The van der Waals surface area contributed by atoms with Gasteiger partial charge in [-0.1, -0.05) is 0 Å². The number of ether oxygens (including phenoxy) is 3. The molecule has 154 valence electrons. The molecule has 0 aliphatic rings. The molecule has 29 heavy (non-hydrogen) atoms. The van der Waals surface area contributed by atoms with Crippen LogP contribution in [0.5, 0.6) is 11.5 Å². The molecule has 2 aromatic heterocycles. The third-order valence-electron chi connectivity index (χ3n) is 4.23. The smallest absolute Gasteiger partial charge is 0.197 e. The maximum atomic E-state index is 5.44. The van der Waals surface area contributed by atoms with Gasteiger partial charge in [0.15, 0.2) is 22.5 Å². The molecule has 0 aliphatic heterocycles. The molecule has 9 heteroatoms. The first-order valence-corrected chi connectivity index (χ1v) is 10.0. The Morgan fingerprint density at radius 2 is 1.76 bits per heavy atom. The van der Waals surface area contributed by atoms with Crippen LogP contribution in [0.4, 0.5) is 0 Å². The Bertz CT molecular complexity index is 956. The van der Waals surface area contributed by atoms with Crippen LogP contribution in [0.25, 0.3) is 11.4 Å². The number of hydrogen-bond acceptors (Lipinski definition) is 8. The highest BCUT2D eigenvalue weighted by Gasteiger charge is 2.17. The molecule has 0 unspecified atom stereocenters. The van der Waals surface area contributed by atoms with Gasteiger partial charge in [0.1, 0.15) is 10.9 Å². The minimum absolute atomic E-state index is 0.646. The van der Waals surface area contributed by atoms with E-state index in [2.05, 4.69) is 24.7 Å². The van der Waals surface area contributed by atoms with E-state index in [0.29, 0.717) is 18.1 Å². The zero-order valence-corrected chi connectivity index (χ0v) is 18.1. The van der Waals surface area contributed by atoms with Crippen LogP contribution in [0.2, 0.25) is 0 Å². The van der Waals surface area contributed by atoms with Gasteiger partial charge >= 0.3 is 0 Å². The van der Waals surface area contributed by atoms with Crippen LogP contribution in [-0.4, -0.2) is 52.7 Å². The van der Waals surface area contributed by atoms with E-state index in [4.69, 9.17) is 14.2 Å². The van der Waals surface area contributed by atoms with Gasteiger partial charge in [0, 0.05) is 31.5 Å². The van der Waals surface area contributed by atoms with Crippen LogP contribution < -0.4 is 9.47 Å². The van der Waals surface area contributed by atoms with Crippen LogP contribution in [0.15, 0.2) is 34.4 Å². The van der Waals surface area contributed by atoms with E-state index >= 15 is 0 Å². The van der Waals surface area contributed by atoms with Crippen molar-refractivity contribution in [3.8, 4) is 22.9 Å². The lowest BCUT2D eigenvalue weighted by molar-refractivity contribution is 0.189. The van der Waals surface area contributed by atoms with E-state index in [1.165, 1.54) is 11.8 Å². The second kappa shape index (κ2) is 9.71. The maximum absolute atomic E-state index is 5.44. The van der Waals surface area contributed by atoms with Crippen molar-refractivity contribution in [1.82, 2.24) is 24.7 Å². The lowest BCUT2D eigenvalue weighted by atomic mass is 10.2. The largest absolute Gasteiger partial charge is 0.493 e. The predicted octanol–water partition coefficient (Wildman–Crippen LogP) is 3.56. The highest BCUT2D eigenvalue weighted by atomic mass is 32.2. The first kappa shape index (κ1) is 21.1. The van der Waals surface area contributed by atoms with Crippen molar-refractivity contribution in [1.29, 1.82) is 0 Å². The molecular weight excluding hydrogens is 390 g/mol. The van der Waals surface area contributed by atoms with Crippen molar-refractivity contribution < 1.29 is 14.2 Å². The van der Waals surface area contributed by atoms with Crippen LogP contribution in [0.3, 0.4) is 0 Å². The number of hydrogen-bond donors (Lipinski definition) is 0. The predicted molar refractivity (Wildman–Crippen MR) is 111 cm³/mol. The van der Waals surface area contributed by atoms with E-state index < -0.39 is 0 Å². The molecule has 3 aromatic rings. The number of nitrogens with zero attached hydrogens (tertiary/aromatic N) is 5. The highest BCUT2D eigenvalue weighted by Crippen LogP contribution is 2.34. The van der Waals surface area contributed by atoms with Crippen LogP contribution >= 0.6 is 11.8 Å². The van der Waals surface area contributed by atoms with E-state index in [1.54, 1.807) is 21.3 Å². The third kappa shape index (κ3) is 5.04. The normalized spacial score (nSPS) is 10.9. The Balaban J connectivity index is 1.99. The van der Waals surface area contributed by atoms with Crippen molar-refractivity contribution in [2.45, 2.75) is 37.0 Å². The summed E-state index contributed by atoms with van der Waals surface area (Å²) in [6.07, 6.45) is 0.838. The van der Waals surface area contributed by atoms with Crippen molar-refractivity contribution >= 4 is 11.8 Å². The Morgan fingerprint density at radius 3 is 2.45 bits per heavy atom. The van der Waals surface area contributed by atoms with E-state index in [0.717, 1.165) is 46.1 Å². The summed E-state index contributed by atoms with van der Waals surface area (Å²) in [4.78, 5) is 8.85. The highest BCUT2D eigenvalue weighted by molar-refractivity contribution is 7.99. The fourth-order valence-electron chi connectivity index (χ4n) is 2.95. The summed E-state index contributed by atoms with van der Waals surface area (Å²) < 4.78 is 18.1. The number of rotatable bonds is 9. The van der Waals surface area contributed by atoms with Gasteiger partial charge in [-0.15, -0.1) is 10.2 Å². The fourth-order valence-corrected chi connectivity index (χ4v) is 3.91. The molecule has 0 saturated carbocycles. The van der Waals surface area contributed by atoms with Crippen LogP contribution in [0.1, 0.15) is 17.9 Å². The molecule has 0 radical (unpaired) electrons. The molecule has 0 N–H and O–H groups in total. The monoisotopic (exact) mass is 415 g/mol. The molecule has 0 atom stereocenters. The van der Waals surface area contributed by atoms with Crippen molar-refractivity contribution in [3.63, 3.8) is 0 Å². The van der Waals surface area contributed by atoms with Gasteiger partial charge in [0.2, 0.25) is 0 Å². The van der Waals surface area contributed by atoms with Gasteiger partial charge in [0.25, 0.3) is 0 Å². The van der Waals surface area contributed by atoms with Gasteiger partial charge in [0.05, 0.1) is 14.2 Å². The number of aromatic nitrogens is 5. The minimum Gasteiger partial charge on any atom is -0.493 e. The lowest BCUT2D eigenvalue weighted by Crippen LogP contribution is -2.06. The second-order valence-corrected chi connectivity index (χ2v) is 7.36. The molecule has 3 rings (SSSR count). The summed E-state index contributed by atoms with van der Waals surface area (Å²) in [5.74, 6) is 2.81. The zero-order valence-electron chi connectivity index (χ0n) is 17.3. The van der Waals surface area contributed by atoms with Crippen molar-refractivity contribution in [2.75, 3.05) is 27.9 Å². The average molecular weight is 416 g/mol. The van der Waals surface area contributed by atoms with Gasteiger partial charge in [-0.3, -0.25) is 0 Å². The Kier molecular flexibility index (Phi) is 7.05. The molecule has 0 bridgehead atoms. The van der Waals surface area contributed by atoms with Crippen molar-refractivity contribution in [2.24, 2.45) is 0 Å². The van der Waals surface area contributed by atoms with Gasteiger partial charge in [-0.2, -0.15) is 0 Å². The number of methoxy groups -OCH3 is 3. The summed E-state index contributed by atoms with van der Waals surface area (Å²) in [6, 6.07) is 7.67. The van der Waals surface area contributed by atoms with Gasteiger partial charge < -0.3 is 18.8 Å². The number of aryl methyl sites for hydroxylation is 2. The van der Waals surface area contributed by atoms with E-state index in [9.17, 15) is 0 Å². The van der Waals surface area contributed by atoms with Crippen molar-refractivity contribution in [3.05, 3.63) is 35.8 Å². The summed E-state index contributed by atoms with van der Waals surface area (Å²) >= 11 is 1.48. The molecule has 0 saturated heterocycles. The lowest BCUT2D eigenvalue weighted by Gasteiger charge is -2.12. The number of benzene rings is 1. The standard InChI is InChI=1S/C20H25N5O3S/c1-13-11-18(22-14(2)21-13)29-20-24-23-19(25(20)9-6-10-26-3)15-7-8-16(27-4)17(12-15)28-5/h7-8,11-12H,6,9-10H2,1-5H3. The summed E-state index contributed by atoms with van der Waals surface area (Å²) in [7, 11) is 4.93. The fraction of sp³-hybridized carbons (Fsp3) is 0.400. The van der Waals surface area contributed by atoms with Crippen LogP contribution in [0, 0.1) is 13.8 Å². The maximum Gasteiger partial charge on any atom is 0.197 e. The van der Waals surface area contributed by atoms with Crippen LogP contribution in [-0.2, 0) is 11.3 Å². The first-order valence-electron chi connectivity index (χ1n) is 9.20. The van der Waals surface area contributed by atoms with E-state index in [1.807, 2.05) is 38.1 Å². The summed E-state index contributed by atoms with van der Waals surface area (Å²) in [6.45, 7) is 5.21. The topological polar surface area (TPSA) is 84.2 Å². The summed E-state index contributed by atoms with van der Waals surface area (Å²) in [5, 5.41) is 10.5. The molecule has 0 fully saturated rings.